The van der Waals surface area contributed by atoms with Gasteiger partial charge in [0, 0.05) is 17.5 Å². The Bertz CT molecular complexity index is 1120. The summed E-state index contributed by atoms with van der Waals surface area (Å²) >= 11 is 1.52. The monoisotopic (exact) mass is 405 g/mol. The lowest BCUT2D eigenvalue weighted by Crippen LogP contribution is -1.96. The molecule has 0 amide bonds. The summed E-state index contributed by atoms with van der Waals surface area (Å²) in [5, 5.41) is 0. The van der Waals surface area contributed by atoms with Crippen molar-refractivity contribution < 1.29 is 4.74 Å². The Balaban J connectivity index is 1.61. The highest BCUT2D eigenvalue weighted by molar-refractivity contribution is 8.00. The molecule has 0 aliphatic rings. The van der Waals surface area contributed by atoms with Gasteiger partial charge in [-0.15, -0.1) is 0 Å². The lowest BCUT2D eigenvalue weighted by atomic mass is 10.0. The second-order valence-corrected chi connectivity index (χ2v) is 7.92. The largest absolute Gasteiger partial charge is 0.497 e. The maximum Gasteiger partial charge on any atom is 0.167 e. The molecule has 4 aromatic rings. The molecule has 0 bridgehead atoms. The van der Waals surface area contributed by atoms with Gasteiger partial charge in [0.25, 0.3) is 0 Å². The number of imidazole rings is 1. The quantitative estimate of drug-likeness (QED) is 0.440. The molecule has 4 rings (SSSR count). The van der Waals surface area contributed by atoms with Crippen molar-refractivity contribution in [2.24, 2.45) is 7.05 Å². The van der Waals surface area contributed by atoms with Crippen molar-refractivity contribution >= 4 is 28.9 Å². The molecule has 2 aromatic heterocycles. The molecule has 2 heterocycles. The van der Waals surface area contributed by atoms with Crippen LogP contribution in [0.4, 0.5) is 5.82 Å². The molecule has 0 unspecified atom stereocenters. The summed E-state index contributed by atoms with van der Waals surface area (Å²) in [6.07, 6.45) is 1.56. The van der Waals surface area contributed by atoms with Gasteiger partial charge in [-0.1, -0.05) is 26.0 Å². The van der Waals surface area contributed by atoms with Crippen LogP contribution in [0.3, 0.4) is 0 Å². The lowest BCUT2D eigenvalue weighted by Gasteiger charge is -2.08. The fraction of sp³-hybridized carbons (Fsp3) is 0.227. The third-order valence-corrected chi connectivity index (χ3v) is 5.62. The number of hydrogen-bond donors (Lipinski definition) is 1. The molecule has 6 nitrogen and oxygen atoms in total. The van der Waals surface area contributed by atoms with Crippen LogP contribution in [-0.4, -0.2) is 26.6 Å². The maximum absolute atomic E-state index is 5.25. The number of anilines is 1. The fourth-order valence-electron chi connectivity index (χ4n) is 3.10. The fourth-order valence-corrected chi connectivity index (χ4v) is 3.74. The molecule has 29 heavy (non-hydrogen) atoms. The zero-order valence-corrected chi connectivity index (χ0v) is 17.7. The van der Waals surface area contributed by atoms with Crippen molar-refractivity contribution in [2.75, 3.05) is 11.8 Å². The first kappa shape index (κ1) is 19.3. The Morgan fingerprint density at radius 2 is 1.72 bits per heavy atom. The molecular weight excluding hydrogens is 382 g/mol. The van der Waals surface area contributed by atoms with Gasteiger partial charge in [-0.2, -0.15) is 0 Å². The number of aryl methyl sites for hydroxylation is 1. The molecule has 148 valence electrons. The normalized spacial score (nSPS) is 11.2. The molecule has 1 N–H and O–H groups in total. The summed E-state index contributed by atoms with van der Waals surface area (Å²) in [5.74, 6) is 2.86. The first-order chi connectivity index (χ1) is 14.1. The van der Waals surface area contributed by atoms with E-state index in [2.05, 4.69) is 52.8 Å². The number of fused-ring (bicyclic) bond motifs is 1. The van der Waals surface area contributed by atoms with Crippen LogP contribution in [0, 0.1) is 0 Å². The van der Waals surface area contributed by atoms with Crippen LogP contribution in [0.15, 0.2) is 59.8 Å². The van der Waals surface area contributed by atoms with Crippen LogP contribution in [0.25, 0.3) is 22.6 Å². The highest BCUT2D eigenvalue weighted by Crippen LogP contribution is 2.29. The van der Waals surface area contributed by atoms with E-state index in [1.165, 1.54) is 17.5 Å². The second kappa shape index (κ2) is 8.13. The molecule has 0 radical (unpaired) electrons. The number of aromatic nitrogens is 4. The third-order valence-electron chi connectivity index (χ3n) is 4.82. The van der Waals surface area contributed by atoms with Crippen LogP contribution in [0.5, 0.6) is 5.75 Å². The van der Waals surface area contributed by atoms with Gasteiger partial charge in [-0.3, -0.25) is 0 Å². The Labute approximate surface area is 174 Å². The summed E-state index contributed by atoms with van der Waals surface area (Å²) in [6.45, 7) is 4.39. The molecule has 2 aromatic carbocycles. The average Bonchev–Trinajstić information content (AvgIpc) is 3.10. The minimum atomic E-state index is 0.522. The first-order valence-electron chi connectivity index (χ1n) is 9.41. The number of methoxy groups -OCH3 is 1. The number of hydrogen-bond acceptors (Lipinski definition) is 6. The van der Waals surface area contributed by atoms with E-state index in [1.807, 2.05) is 35.9 Å². The van der Waals surface area contributed by atoms with Crippen molar-refractivity contribution in [1.82, 2.24) is 19.5 Å². The van der Waals surface area contributed by atoms with Gasteiger partial charge in [0.15, 0.2) is 17.0 Å². The van der Waals surface area contributed by atoms with Crippen molar-refractivity contribution in [3.8, 4) is 17.1 Å². The number of ether oxygens (including phenoxy) is 1. The zero-order valence-electron chi connectivity index (χ0n) is 16.9. The highest BCUT2D eigenvalue weighted by Gasteiger charge is 2.15. The van der Waals surface area contributed by atoms with Gasteiger partial charge >= 0.3 is 0 Å². The smallest absolute Gasteiger partial charge is 0.167 e. The molecule has 0 saturated heterocycles. The topological polar surface area (TPSA) is 64.9 Å². The number of nitrogens with zero attached hydrogens (tertiary/aromatic N) is 4. The Kier molecular flexibility index (Phi) is 5.40. The van der Waals surface area contributed by atoms with E-state index in [4.69, 9.17) is 9.72 Å². The van der Waals surface area contributed by atoms with Crippen molar-refractivity contribution in [2.45, 2.75) is 24.7 Å². The average molecular weight is 406 g/mol. The van der Waals surface area contributed by atoms with Crippen molar-refractivity contribution in [3.63, 3.8) is 0 Å². The molecule has 0 aliphatic carbocycles. The molecule has 0 spiro atoms. The van der Waals surface area contributed by atoms with Gasteiger partial charge in [0.2, 0.25) is 0 Å². The Hall–Kier alpha value is -3.06. The minimum Gasteiger partial charge on any atom is -0.497 e. The predicted octanol–water partition coefficient (Wildman–Crippen LogP) is 5.28. The maximum atomic E-state index is 5.25. The van der Waals surface area contributed by atoms with E-state index in [0.29, 0.717) is 11.7 Å². The third kappa shape index (κ3) is 3.91. The zero-order chi connectivity index (χ0) is 20.4. The molecular formula is C22H23N5OS. The van der Waals surface area contributed by atoms with E-state index in [1.54, 1.807) is 13.4 Å². The number of rotatable bonds is 6. The second-order valence-electron chi connectivity index (χ2n) is 7.05. The van der Waals surface area contributed by atoms with Crippen LogP contribution >= 0.6 is 11.9 Å². The van der Waals surface area contributed by atoms with Crippen LogP contribution in [0.2, 0.25) is 0 Å². The number of benzene rings is 2. The van der Waals surface area contributed by atoms with Gasteiger partial charge in [-0.25, -0.2) is 15.0 Å². The van der Waals surface area contributed by atoms with Crippen LogP contribution in [-0.2, 0) is 7.05 Å². The van der Waals surface area contributed by atoms with Gasteiger partial charge in [-0.05, 0) is 59.8 Å². The first-order valence-corrected chi connectivity index (χ1v) is 10.2. The Morgan fingerprint density at radius 1 is 1.00 bits per heavy atom. The summed E-state index contributed by atoms with van der Waals surface area (Å²) in [7, 11) is 3.62. The summed E-state index contributed by atoms with van der Waals surface area (Å²) in [6, 6.07) is 16.4. The number of nitrogens with one attached hydrogen (secondary N) is 1. The molecule has 7 heteroatoms. The highest BCUT2D eigenvalue weighted by atomic mass is 32.2. The SMILES string of the molecule is COc1ccc(-c2nc3c(NSc4ccc(C(C)C)cc4)ncnc3n2C)cc1. The predicted molar refractivity (Wildman–Crippen MR) is 118 cm³/mol. The van der Waals surface area contributed by atoms with E-state index in [-0.39, 0.29) is 0 Å². The van der Waals surface area contributed by atoms with E-state index >= 15 is 0 Å². The van der Waals surface area contributed by atoms with Crippen molar-refractivity contribution in [3.05, 3.63) is 60.4 Å². The summed E-state index contributed by atoms with van der Waals surface area (Å²) in [5.41, 5.74) is 3.85. The summed E-state index contributed by atoms with van der Waals surface area (Å²) in [4.78, 5) is 14.8. The minimum absolute atomic E-state index is 0.522. The van der Waals surface area contributed by atoms with Gasteiger partial charge < -0.3 is 14.0 Å². The van der Waals surface area contributed by atoms with E-state index in [9.17, 15) is 0 Å². The Morgan fingerprint density at radius 3 is 2.38 bits per heavy atom. The molecule has 0 aliphatic heterocycles. The van der Waals surface area contributed by atoms with Crippen LogP contribution < -0.4 is 9.46 Å². The molecule has 0 fully saturated rings. The van der Waals surface area contributed by atoms with Gasteiger partial charge in [0.05, 0.1) is 7.11 Å². The van der Waals surface area contributed by atoms with Crippen LogP contribution in [0.1, 0.15) is 25.3 Å². The van der Waals surface area contributed by atoms with Crippen molar-refractivity contribution in [1.29, 1.82) is 0 Å². The summed E-state index contributed by atoms with van der Waals surface area (Å²) < 4.78 is 10.6. The standard InChI is InChI=1S/C22H23N5OS/c1-14(2)15-7-11-18(12-8-15)29-26-20-19-22(24-13-23-20)27(3)21(25-19)16-5-9-17(28-4)10-6-16/h5-14H,1-4H3,(H,23,24,26). The van der Waals surface area contributed by atoms with Gasteiger partial charge in [0.1, 0.15) is 17.9 Å². The lowest BCUT2D eigenvalue weighted by molar-refractivity contribution is 0.415. The van der Waals surface area contributed by atoms with E-state index < -0.39 is 0 Å². The van der Waals surface area contributed by atoms with E-state index in [0.717, 1.165) is 33.2 Å². The molecule has 0 saturated carbocycles. The molecule has 0 atom stereocenters.